The zero-order valence-electron chi connectivity index (χ0n) is 13.9. The molecule has 0 saturated carbocycles. The van der Waals surface area contributed by atoms with Crippen molar-refractivity contribution in [3.63, 3.8) is 0 Å². The molecule has 1 heterocycles. The zero-order valence-corrected chi connectivity index (χ0v) is 13.9. The first-order valence-electron chi connectivity index (χ1n) is 7.86. The average Bonchev–Trinajstić information content (AvgIpc) is 2.62. The number of nitrogens with zero attached hydrogens (tertiary/aromatic N) is 1. The Kier molecular flexibility index (Phi) is 5.01. The number of carbonyl (C=O) groups excluding carboxylic acids is 2. The third-order valence-corrected chi connectivity index (χ3v) is 3.72. The monoisotopic (exact) mass is 362 g/mol. The molecule has 1 aliphatic heterocycles. The number of nitrogens with one attached hydrogen (secondary N) is 1. The molecule has 2 aromatic rings. The van der Waals surface area contributed by atoms with Crippen LogP contribution in [0.4, 0.5) is 20.2 Å². The van der Waals surface area contributed by atoms with Crippen LogP contribution in [-0.2, 0) is 9.59 Å². The summed E-state index contributed by atoms with van der Waals surface area (Å²) >= 11 is 0. The third-order valence-electron chi connectivity index (χ3n) is 3.72. The van der Waals surface area contributed by atoms with E-state index in [1.54, 1.807) is 18.2 Å². The van der Waals surface area contributed by atoms with Crippen LogP contribution in [0.3, 0.4) is 0 Å². The topological polar surface area (TPSA) is 67.9 Å². The van der Waals surface area contributed by atoms with E-state index in [-0.39, 0.29) is 12.2 Å². The Balaban J connectivity index is 1.72. The van der Waals surface area contributed by atoms with Gasteiger partial charge in [0.25, 0.3) is 0 Å². The quantitative estimate of drug-likeness (QED) is 0.908. The molecule has 6 nitrogen and oxygen atoms in total. The lowest BCUT2D eigenvalue weighted by atomic mass is 10.2. The lowest BCUT2D eigenvalue weighted by Crippen LogP contribution is -2.36. The van der Waals surface area contributed by atoms with E-state index < -0.39 is 23.4 Å². The third kappa shape index (κ3) is 3.90. The van der Waals surface area contributed by atoms with Crippen LogP contribution in [0.15, 0.2) is 36.4 Å². The number of hydrogen-bond donors (Lipinski definition) is 1. The molecule has 2 amide bonds. The minimum atomic E-state index is -1.10. The second-order valence-electron chi connectivity index (χ2n) is 5.61. The Morgan fingerprint density at radius 2 is 1.77 bits per heavy atom. The van der Waals surface area contributed by atoms with E-state index in [9.17, 15) is 18.4 Å². The summed E-state index contributed by atoms with van der Waals surface area (Å²) in [7, 11) is 0. The highest BCUT2D eigenvalue weighted by molar-refractivity contribution is 6.01. The molecule has 0 radical (unpaired) electrons. The van der Waals surface area contributed by atoms with E-state index in [4.69, 9.17) is 9.47 Å². The molecule has 0 saturated heterocycles. The summed E-state index contributed by atoms with van der Waals surface area (Å²) in [4.78, 5) is 25.1. The first-order chi connectivity index (χ1) is 12.4. The van der Waals surface area contributed by atoms with E-state index in [0.717, 1.165) is 17.0 Å². The zero-order chi connectivity index (χ0) is 18.7. The smallest absolute Gasteiger partial charge is 0.244 e. The number of carbonyl (C=O) groups is 2. The Hall–Kier alpha value is -3.16. The highest BCUT2D eigenvalue weighted by Crippen LogP contribution is 2.32. The summed E-state index contributed by atoms with van der Waals surface area (Å²) in [5, 5.41) is 2.64. The summed E-state index contributed by atoms with van der Waals surface area (Å²) < 4.78 is 37.3. The highest BCUT2D eigenvalue weighted by atomic mass is 19.2. The molecule has 3 rings (SSSR count). The van der Waals surface area contributed by atoms with Crippen LogP contribution in [0, 0.1) is 11.6 Å². The number of benzene rings is 2. The van der Waals surface area contributed by atoms with Gasteiger partial charge in [-0.15, -0.1) is 0 Å². The molecule has 8 heteroatoms. The van der Waals surface area contributed by atoms with Gasteiger partial charge in [0.05, 0.1) is 0 Å². The summed E-state index contributed by atoms with van der Waals surface area (Å²) in [6.45, 7) is 1.76. The second-order valence-corrected chi connectivity index (χ2v) is 5.61. The van der Waals surface area contributed by atoms with Gasteiger partial charge < -0.3 is 19.7 Å². The van der Waals surface area contributed by atoms with Crippen LogP contribution in [0.2, 0.25) is 0 Å². The maximum atomic E-state index is 13.4. The van der Waals surface area contributed by atoms with Gasteiger partial charge in [0, 0.05) is 30.4 Å². The molecule has 0 unspecified atom stereocenters. The van der Waals surface area contributed by atoms with E-state index in [0.29, 0.717) is 30.4 Å². The minimum Gasteiger partial charge on any atom is -0.486 e. The fourth-order valence-electron chi connectivity index (χ4n) is 2.50. The molecular weight excluding hydrogens is 346 g/mol. The van der Waals surface area contributed by atoms with Crippen LogP contribution in [-0.4, -0.2) is 31.6 Å². The van der Waals surface area contributed by atoms with E-state index >= 15 is 0 Å². The van der Waals surface area contributed by atoms with Crippen molar-refractivity contribution in [1.82, 2.24) is 0 Å². The van der Waals surface area contributed by atoms with Gasteiger partial charge in [0.2, 0.25) is 11.8 Å². The van der Waals surface area contributed by atoms with Crippen LogP contribution in [0.1, 0.15) is 6.92 Å². The number of ether oxygens (including phenoxy) is 2. The molecule has 136 valence electrons. The van der Waals surface area contributed by atoms with Gasteiger partial charge >= 0.3 is 0 Å². The molecule has 0 spiro atoms. The molecule has 0 aromatic heterocycles. The largest absolute Gasteiger partial charge is 0.486 e. The van der Waals surface area contributed by atoms with Crippen molar-refractivity contribution in [1.29, 1.82) is 0 Å². The number of amides is 2. The average molecular weight is 362 g/mol. The summed E-state index contributed by atoms with van der Waals surface area (Å²) in [5.41, 5.74) is 0.557. The molecule has 0 aliphatic carbocycles. The number of fused-ring (bicyclic) bond motifs is 1. The van der Waals surface area contributed by atoms with Gasteiger partial charge in [-0.3, -0.25) is 9.59 Å². The van der Waals surface area contributed by atoms with Gasteiger partial charge in [-0.25, -0.2) is 8.78 Å². The predicted octanol–water partition coefficient (Wildman–Crippen LogP) is 2.73. The van der Waals surface area contributed by atoms with Gasteiger partial charge in [-0.05, 0) is 24.3 Å². The van der Waals surface area contributed by atoms with Gasteiger partial charge in [0.1, 0.15) is 19.8 Å². The molecule has 0 fully saturated rings. The van der Waals surface area contributed by atoms with Crippen LogP contribution in [0.25, 0.3) is 0 Å². The van der Waals surface area contributed by atoms with Crippen molar-refractivity contribution in [2.24, 2.45) is 0 Å². The molecule has 26 heavy (non-hydrogen) atoms. The number of rotatable bonds is 4. The maximum absolute atomic E-state index is 13.4. The van der Waals surface area contributed by atoms with Crippen molar-refractivity contribution in [3.8, 4) is 11.5 Å². The van der Waals surface area contributed by atoms with Crippen molar-refractivity contribution in [3.05, 3.63) is 48.0 Å². The molecule has 1 N–H and O–H groups in total. The van der Waals surface area contributed by atoms with Gasteiger partial charge in [-0.1, -0.05) is 0 Å². The lowest BCUT2D eigenvalue weighted by Gasteiger charge is -2.21. The Labute approximate surface area is 148 Å². The first-order valence-corrected chi connectivity index (χ1v) is 7.86. The van der Waals surface area contributed by atoms with Crippen LogP contribution in [0.5, 0.6) is 11.5 Å². The Morgan fingerprint density at radius 1 is 1.04 bits per heavy atom. The number of anilines is 2. The Bertz CT molecular complexity index is 857. The second kappa shape index (κ2) is 7.38. The minimum absolute atomic E-state index is 0.0914. The van der Waals surface area contributed by atoms with Crippen molar-refractivity contribution in [2.75, 3.05) is 30.0 Å². The molecule has 1 aliphatic rings. The summed E-state index contributed by atoms with van der Waals surface area (Å²) in [6, 6.07) is 7.93. The SMILES string of the molecule is CC(=O)N(CC(=O)Nc1ccc2c(c1)OCCO2)c1ccc(F)c(F)c1. The van der Waals surface area contributed by atoms with E-state index in [1.807, 2.05) is 0 Å². The van der Waals surface area contributed by atoms with E-state index in [2.05, 4.69) is 5.32 Å². The summed E-state index contributed by atoms with van der Waals surface area (Å²) in [6.07, 6.45) is 0. The van der Waals surface area contributed by atoms with Gasteiger partial charge in [-0.2, -0.15) is 0 Å². The molecular formula is C18H16F2N2O4. The number of halogens is 2. The number of hydrogen-bond acceptors (Lipinski definition) is 4. The first kappa shape index (κ1) is 17.7. The van der Waals surface area contributed by atoms with Crippen molar-refractivity contribution in [2.45, 2.75) is 6.92 Å². The molecule has 2 aromatic carbocycles. The highest BCUT2D eigenvalue weighted by Gasteiger charge is 2.18. The maximum Gasteiger partial charge on any atom is 0.244 e. The molecule has 0 atom stereocenters. The standard InChI is InChI=1S/C18H16F2N2O4/c1-11(23)22(13-3-4-14(19)15(20)9-13)10-18(24)21-12-2-5-16-17(8-12)26-7-6-25-16/h2-5,8-9H,6-7,10H2,1H3,(H,21,24). The predicted molar refractivity (Wildman–Crippen MR) is 90.4 cm³/mol. The molecule has 0 bridgehead atoms. The lowest BCUT2D eigenvalue weighted by molar-refractivity contribution is -0.120. The summed E-state index contributed by atoms with van der Waals surface area (Å²) in [5.74, 6) is -2.01. The fraction of sp³-hybridized carbons (Fsp3) is 0.222. The van der Waals surface area contributed by atoms with Crippen molar-refractivity contribution >= 4 is 23.2 Å². The van der Waals surface area contributed by atoms with Crippen molar-refractivity contribution < 1.29 is 27.8 Å². The van der Waals surface area contributed by atoms with Gasteiger partial charge in [0.15, 0.2) is 23.1 Å². The normalized spacial score (nSPS) is 12.4. The fourth-order valence-corrected chi connectivity index (χ4v) is 2.50. The van der Waals surface area contributed by atoms with Crippen LogP contribution < -0.4 is 19.7 Å². The Morgan fingerprint density at radius 3 is 2.46 bits per heavy atom. The van der Waals surface area contributed by atoms with E-state index in [1.165, 1.54) is 13.0 Å². The van der Waals surface area contributed by atoms with Crippen LogP contribution >= 0.6 is 0 Å².